The predicted octanol–water partition coefficient (Wildman–Crippen LogP) is 2.35. The molecule has 0 bridgehead atoms. The fourth-order valence-corrected chi connectivity index (χ4v) is 2.58. The number of aliphatic hydroxyl groups is 2. The Balaban J connectivity index is 2.98. The lowest BCUT2D eigenvalue weighted by molar-refractivity contribution is -0.124. The second kappa shape index (κ2) is 7.53. The van der Waals surface area contributed by atoms with E-state index in [1.807, 2.05) is 46.8 Å². The lowest BCUT2D eigenvalue weighted by atomic mass is 9.82. The summed E-state index contributed by atoms with van der Waals surface area (Å²) in [6, 6.07) is 3.86. The minimum atomic E-state index is -1.02. The van der Waals surface area contributed by atoms with Gasteiger partial charge in [0.15, 0.2) is 0 Å². The van der Waals surface area contributed by atoms with Gasteiger partial charge in [0.1, 0.15) is 5.75 Å². The van der Waals surface area contributed by atoms with Gasteiger partial charge in [0.05, 0.1) is 18.8 Å². The van der Waals surface area contributed by atoms with Gasteiger partial charge in [-0.15, -0.1) is 0 Å². The van der Waals surface area contributed by atoms with Crippen LogP contribution < -0.4 is 5.32 Å². The van der Waals surface area contributed by atoms with Crippen LogP contribution in [0, 0.1) is 6.92 Å². The normalized spacial score (nSPS) is 13.7. The molecule has 0 radical (unpaired) electrons. The maximum atomic E-state index is 12.2. The third-order valence-electron chi connectivity index (χ3n) is 4.33. The van der Waals surface area contributed by atoms with Gasteiger partial charge in [-0.3, -0.25) is 4.79 Å². The zero-order valence-corrected chi connectivity index (χ0v) is 15.6. The number of carbonyl (C=O) groups is 1. The molecule has 1 atom stereocenters. The van der Waals surface area contributed by atoms with Gasteiger partial charge < -0.3 is 20.6 Å². The molecule has 0 spiro atoms. The van der Waals surface area contributed by atoms with E-state index in [4.69, 9.17) is 0 Å². The summed E-state index contributed by atoms with van der Waals surface area (Å²) in [5, 5.41) is 31.5. The molecule has 0 aliphatic carbocycles. The third-order valence-corrected chi connectivity index (χ3v) is 4.33. The second-order valence-electron chi connectivity index (χ2n) is 8.01. The number of carbonyl (C=O) groups excluding carboxylic acids is 1. The van der Waals surface area contributed by atoms with Crippen molar-refractivity contribution in [3.63, 3.8) is 0 Å². The number of phenols is 1. The molecular weight excluding hydrogens is 306 g/mol. The molecule has 5 heteroatoms. The maximum Gasteiger partial charge on any atom is 0.221 e. The summed E-state index contributed by atoms with van der Waals surface area (Å²) in [6.07, 6.45) is 0.239. The van der Waals surface area contributed by atoms with Crippen LogP contribution in [0.5, 0.6) is 5.75 Å². The second-order valence-corrected chi connectivity index (χ2v) is 8.01. The molecule has 0 heterocycles. The Bertz CT molecular complexity index is 586. The van der Waals surface area contributed by atoms with Crippen molar-refractivity contribution in [3.8, 4) is 5.75 Å². The van der Waals surface area contributed by atoms with E-state index in [1.165, 1.54) is 0 Å². The predicted molar refractivity (Wildman–Crippen MR) is 95.3 cm³/mol. The third kappa shape index (κ3) is 4.95. The molecule has 4 N–H and O–H groups in total. The first-order valence-corrected chi connectivity index (χ1v) is 8.30. The zero-order chi connectivity index (χ0) is 18.7. The number of aromatic hydroxyl groups is 1. The van der Waals surface area contributed by atoms with Gasteiger partial charge in [0.25, 0.3) is 0 Å². The molecule has 1 aromatic carbocycles. The van der Waals surface area contributed by atoms with Crippen molar-refractivity contribution < 1.29 is 20.1 Å². The monoisotopic (exact) mass is 337 g/mol. The van der Waals surface area contributed by atoms with E-state index in [-0.39, 0.29) is 36.9 Å². The zero-order valence-electron chi connectivity index (χ0n) is 15.6. The van der Waals surface area contributed by atoms with Crippen LogP contribution in [0.25, 0.3) is 0 Å². The van der Waals surface area contributed by atoms with Crippen molar-refractivity contribution in [2.45, 2.75) is 64.8 Å². The fourth-order valence-electron chi connectivity index (χ4n) is 2.58. The average molecular weight is 337 g/mol. The number of benzene rings is 1. The van der Waals surface area contributed by atoms with Gasteiger partial charge >= 0.3 is 0 Å². The highest BCUT2D eigenvalue weighted by Crippen LogP contribution is 2.36. The van der Waals surface area contributed by atoms with Gasteiger partial charge in [-0.1, -0.05) is 39.8 Å². The number of amides is 1. The molecule has 0 aliphatic heterocycles. The van der Waals surface area contributed by atoms with E-state index >= 15 is 0 Å². The summed E-state index contributed by atoms with van der Waals surface area (Å²) in [6.45, 7) is 10.9. The molecule has 0 saturated carbocycles. The van der Waals surface area contributed by atoms with Crippen molar-refractivity contribution in [1.29, 1.82) is 0 Å². The first-order chi connectivity index (χ1) is 10.9. The van der Waals surface area contributed by atoms with Gasteiger partial charge in [-0.05, 0) is 41.9 Å². The number of nitrogens with one attached hydrogen (secondary N) is 1. The van der Waals surface area contributed by atoms with E-state index in [9.17, 15) is 20.1 Å². The molecule has 0 aliphatic rings. The Hall–Kier alpha value is -1.59. The van der Waals surface area contributed by atoms with Crippen LogP contribution in [0.3, 0.4) is 0 Å². The number of hydrogen-bond acceptors (Lipinski definition) is 4. The number of rotatable bonds is 6. The largest absolute Gasteiger partial charge is 0.507 e. The first kappa shape index (κ1) is 20.5. The fraction of sp³-hybridized carbons (Fsp3) is 0.632. The van der Waals surface area contributed by atoms with Crippen molar-refractivity contribution in [2.75, 3.05) is 13.2 Å². The molecular formula is C19H31NO4. The van der Waals surface area contributed by atoms with Crippen LogP contribution >= 0.6 is 0 Å². The molecule has 1 aromatic rings. The molecule has 0 aromatic heterocycles. The Morgan fingerprint density at radius 2 is 1.71 bits per heavy atom. The highest BCUT2D eigenvalue weighted by molar-refractivity contribution is 5.77. The average Bonchev–Trinajstić information content (AvgIpc) is 2.48. The smallest absolute Gasteiger partial charge is 0.221 e. The van der Waals surface area contributed by atoms with Crippen LogP contribution in [0.15, 0.2) is 12.1 Å². The molecule has 24 heavy (non-hydrogen) atoms. The number of phenolic OH excluding ortho intramolecular Hbond substituents is 1. The molecule has 0 saturated heterocycles. The van der Waals surface area contributed by atoms with Gasteiger partial charge in [0.2, 0.25) is 5.91 Å². The lowest BCUT2D eigenvalue weighted by Gasteiger charge is -2.27. The van der Waals surface area contributed by atoms with Gasteiger partial charge in [-0.25, -0.2) is 0 Å². The van der Waals surface area contributed by atoms with Crippen LogP contribution in [-0.2, 0) is 10.2 Å². The van der Waals surface area contributed by atoms with E-state index in [0.717, 1.165) is 16.7 Å². The van der Waals surface area contributed by atoms with Crippen molar-refractivity contribution >= 4 is 5.91 Å². The number of aryl methyl sites for hydroxylation is 1. The van der Waals surface area contributed by atoms with Gasteiger partial charge in [-0.2, -0.15) is 0 Å². The quantitative estimate of drug-likeness (QED) is 0.641. The summed E-state index contributed by atoms with van der Waals surface area (Å²) in [4.78, 5) is 12.2. The molecule has 5 nitrogen and oxygen atoms in total. The highest BCUT2D eigenvalue weighted by Gasteiger charge is 2.26. The van der Waals surface area contributed by atoms with Crippen LogP contribution in [0.1, 0.15) is 63.6 Å². The molecule has 136 valence electrons. The van der Waals surface area contributed by atoms with Crippen LogP contribution in [-0.4, -0.2) is 40.0 Å². The van der Waals surface area contributed by atoms with E-state index in [1.54, 1.807) is 6.92 Å². The Morgan fingerprint density at radius 1 is 1.17 bits per heavy atom. The SMILES string of the molecule is Cc1cc(C(C)CC(=O)NC(C)(CO)CO)cc(C(C)(C)C)c1O. The van der Waals surface area contributed by atoms with E-state index in [2.05, 4.69) is 5.32 Å². The van der Waals surface area contributed by atoms with E-state index in [0.29, 0.717) is 5.75 Å². The molecule has 0 fully saturated rings. The standard InChI is InChI=1S/C19H31NO4/c1-12(8-16(23)20-19(6,10-21)11-22)14-7-13(2)17(24)15(9-14)18(3,4)5/h7,9,12,21-22,24H,8,10-11H2,1-6H3,(H,20,23). The Morgan fingerprint density at radius 3 is 2.17 bits per heavy atom. The highest BCUT2D eigenvalue weighted by atomic mass is 16.3. The lowest BCUT2D eigenvalue weighted by Crippen LogP contribution is -2.51. The number of hydrogen-bond donors (Lipinski definition) is 4. The summed E-state index contributed by atoms with van der Waals surface area (Å²) >= 11 is 0. The molecule has 1 amide bonds. The minimum Gasteiger partial charge on any atom is -0.507 e. The summed E-state index contributed by atoms with van der Waals surface area (Å²) in [7, 11) is 0. The minimum absolute atomic E-state index is 0.0490. The Kier molecular flexibility index (Phi) is 6.42. The van der Waals surface area contributed by atoms with Crippen molar-refractivity contribution in [1.82, 2.24) is 5.32 Å². The van der Waals surface area contributed by atoms with Crippen molar-refractivity contribution in [3.05, 3.63) is 28.8 Å². The topological polar surface area (TPSA) is 89.8 Å². The molecule has 1 unspecified atom stereocenters. The number of aliphatic hydroxyl groups excluding tert-OH is 2. The molecule has 1 rings (SSSR count). The van der Waals surface area contributed by atoms with E-state index < -0.39 is 5.54 Å². The van der Waals surface area contributed by atoms with Crippen LogP contribution in [0.4, 0.5) is 0 Å². The maximum absolute atomic E-state index is 12.2. The summed E-state index contributed by atoms with van der Waals surface area (Å²) < 4.78 is 0. The van der Waals surface area contributed by atoms with Crippen molar-refractivity contribution in [2.24, 2.45) is 0 Å². The van der Waals surface area contributed by atoms with Crippen LogP contribution in [0.2, 0.25) is 0 Å². The Labute approximate surface area is 144 Å². The first-order valence-electron chi connectivity index (χ1n) is 8.30. The summed E-state index contributed by atoms with van der Waals surface area (Å²) in [5.41, 5.74) is 1.43. The van der Waals surface area contributed by atoms with Gasteiger partial charge in [0, 0.05) is 6.42 Å². The summed E-state index contributed by atoms with van der Waals surface area (Å²) in [5.74, 6) is 0.0270.